The van der Waals surface area contributed by atoms with Gasteiger partial charge in [0.25, 0.3) is 0 Å². The lowest BCUT2D eigenvalue weighted by molar-refractivity contribution is -0.123. The molecule has 114 valence electrons. The Morgan fingerprint density at radius 3 is 2.64 bits per heavy atom. The second kappa shape index (κ2) is 5.51. The highest BCUT2D eigenvalue weighted by Crippen LogP contribution is 2.49. The van der Waals surface area contributed by atoms with Crippen LogP contribution in [0.25, 0.3) is 0 Å². The van der Waals surface area contributed by atoms with Gasteiger partial charge >= 0.3 is 0 Å². The average molecular weight is 312 g/mol. The molecule has 0 aliphatic heterocycles. The lowest BCUT2D eigenvalue weighted by Gasteiger charge is -2.27. The van der Waals surface area contributed by atoms with E-state index >= 15 is 0 Å². The summed E-state index contributed by atoms with van der Waals surface area (Å²) in [6.45, 7) is 1.98. The predicted octanol–water partition coefficient (Wildman–Crippen LogP) is 4.55. The Labute approximate surface area is 135 Å². The monoisotopic (exact) mass is 312 g/mol. The lowest BCUT2D eigenvalue weighted by Crippen LogP contribution is -2.35. The van der Waals surface area contributed by atoms with E-state index in [4.69, 9.17) is 0 Å². The van der Waals surface area contributed by atoms with Gasteiger partial charge in [-0.15, -0.1) is 11.3 Å². The van der Waals surface area contributed by atoms with E-state index in [0.29, 0.717) is 5.92 Å². The van der Waals surface area contributed by atoms with Gasteiger partial charge in [0.05, 0.1) is 11.4 Å². The van der Waals surface area contributed by atoms with Crippen molar-refractivity contribution in [1.82, 2.24) is 4.98 Å². The van der Waals surface area contributed by atoms with E-state index in [2.05, 4.69) is 4.98 Å². The summed E-state index contributed by atoms with van der Waals surface area (Å²) < 4.78 is 0. The smallest absolute Gasteiger partial charge is 0.236 e. The summed E-state index contributed by atoms with van der Waals surface area (Å²) in [5.74, 6) is 1.79. The zero-order chi connectivity index (χ0) is 15.1. The summed E-state index contributed by atoms with van der Waals surface area (Å²) in [6.07, 6.45) is 4.85. The zero-order valence-corrected chi connectivity index (χ0v) is 13.6. The van der Waals surface area contributed by atoms with E-state index in [1.54, 1.807) is 11.3 Å². The topological polar surface area (TPSA) is 33.2 Å². The van der Waals surface area contributed by atoms with Crippen LogP contribution in [0.15, 0.2) is 35.7 Å². The van der Waals surface area contributed by atoms with Gasteiger partial charge in [-0.3, -0.25) is 9.69 Å². The van der Waals surface area contributed by atoms with Gasteiger partial charge in [0, 0.05) is 11.3 Å². The van der Waals surface area contributed by atoms with Crippen molar-refractivity contribution in [3.8, 4) is 0 Å². The summed E-state index contributed by atoms with van der Waals surface area (Å²) in [4.78, 5) is 19.7. The molecule has 1 aromatic heterocycles. The molecule has 1 amide bonds. The maximum absolute atomic E-state index is 13.2. The quantitative estimate of drug-likeness (QED) is 0.833. The highest BCUT2D eigenvalue weighted by atomic mass is 32.1. The van der Waals surface area contributed by atoms with Gasteiger partial charge in [0.15, 0.2) is 5.13 Å². The van der Waals surface area contributed by atoms with Crippen LogP contribution < -0.4 is 4.90 Å². The van der Waals surface area contributed by atoms with E-state index in [-0.39, 0.29) is 11.8 Å². The summed E-state index contributed by atoms with van der Waals surface area (Å²) in [6, 6.07) is 9.95. The van der Waals surface area contributed by atoms with Crippen molar-refractivity contribution in [2.45, 2.75) is 32.6 Å². The normalized spacial score (nSPS) is 26.3. The number of thiazole rings is 1. The third-order valence-corrected chi connectivity index (χ3v) is 6.03. The molecule has 2 aliphatic rings. The van der Waals surface area contributed by atoms with Crippen LogP contribution in [0.3, 0.4) is 0 Å². The molecule has 3 nitrogen and oxygen atoms in total. The number of benzene rings is 1. The maximum Gasteiger partial charge on any atom is 0.236 e. The van der Waals surface area contributed by atoms with Gasteiger partial charge in [-0.2, -0.15) is 0 Å². The van der Waals surface area contributed by atoms with E-state index in [1.807, 2.05) is 47.5 Å². The molecule has 2 aromatic rings. The molecular weight excluding hydrogens is 292 g/mol. The minimum Gasteiger partial charge on any atom is -0.274 e. The van der Waals surface area contributed by atoms with Crippen molar-refractivity contribution in [3.05, 3.63) is 41.4 Å². The van der Waals surface area contributed by atoms with Crippen molar-refractivity contribution < 1.29 is 4.79 Å². The molecule has 0 saturated heterocycles. The molecule has 3 atom stereocenters. The molecule has 0 radical (unpaired) electrons. The molecule has 2 bridgehead atoms. The molecule has 4 rings (SSSR count). The van der Waals surface area contributed by atoms with Crippen molar-refractivity contribution >= 4 is 28.1 Å². The van der Waals surface area contributed by atoms with Crippen LogP contribution in [0.5, 0.6) is 0 Å². The molecule has 2 fully saturated rings. The average Bonchev–Trinajstić information content (AvgIpc) is 3.25. The minimum absolute atomic E-state index is 0.183. The number of aryl methyl sites for hydroxylation is 1. The summed E-state index contributed by atoms with van der Waals surface area (Å²) in [7, 11) is 0. The molecule has 3 unspecified atom stereocenters. The molecule has 2 aliphatic carbocycles. The molecule has 0 N–H and O–H groups in total. The maximum atomic E-state index is 13.2. The number of para-hydroxylation sites is 1. The van der Waals surface area contributed by atoms with Crippen LogP contribution in [0, 0.1) is 24.7 Å². The summed E-state index contributed by atoms with van der Waals surface area (Å²) in [5.41, 5.74) is 1.91. The Hall–Kier alpha value is -1.68. The Kier molecular flexibility index (Phi) is 3.49. The largest absolute Gasteiger partial charge is 0.274 e. The van der Waals surface area contributed by atoms with E-state index in [9.17, 15) is 4.79 Å². The van der Waals surface area contributed by atoms with Crippen molar-refractivity contribution in [2.75, 3.05) is 4.90 Å². The first-order chi connectivity index (χ1) is 10.7. The predicted molar refractivity (Wildman–Crippen MR) is 89.4 cm³/mol. The second-order valence-electron chi connectivity index (χ2n) is 6.56. The molecule has 0 spiro atoms. The molecule has 4 heteroatoms. The number of hydrogen-bond acceptors (Lipinski definition) is 3. The van der Waals surface area contributed by atoms with Gasteiger partial charge < -0.3 is 0 Å². The standard InChI is InChI=1S/C18H20N2OS/c1-12-11-22-18(19-12)20(15-5-3-2-4-6-15)17(21)16-10-13-7-8-14(16)9-13/h2-6,11,13-14,16H,7-10H2,1H3. The Balaban J connectivity index is 1.69. The summed E-state index contributed by atoms with van der Waals surface area (Å²) >= 11 is 1.55. The van der Waals surface area contributed by atoms with Gasteiger partial charge in [-0.25, -0.2) is 4.98 Å². The molecular formula is C18H20N2OS. The van der Waals surface area contributed by atoms with Crippen LogP contribution >= 0.6 is 11.3 Å². The number of nitrogens with zero attached hydrogens (tertiary/aromatic N) is 2. The van der Waals surface area contributed by atoms with Crippen LogP contribution in [0.1, 0.15) is 31.4 Å². The Bertz CT molecular complexity index is 681. The van der Waals surface area contributed by atoms with Crippen LogP contribution in [-0.4, -0.2) is 10.9 Å². The SMILES string of the molecule is Cc1csc(N(C(=O)C2CC3CCC2C3)c2ccccc2)n1. The van der Waals surface area contributed by atoms with Crippen LogP contribution in [0.4, 0.5) is 10.8 Å². The number of rotatable bonds is 3. The van der Waals surface area contributed by atoms with Crippen molar-refractivity contribution in [2.24, 2.45) is 17.8 Å². The zero-order valence-electron chi connectivity index (χ0n) is 12.7. The van der Waals surface area contributed by atoms with Crippen LogP contribution in [-0.2, 0) is 4.79 Å². The number of carbonyl (C=O) groups excluding carboxylic acids is 1. The highest BCUT2D eigenvalue weighted by Gasteiger charge is 2.45. The van der Waals surface area contributed by atoms with E-state index in [0.717, 1.165) is 28.9 Å². The Morgan fingerprint density at radius 2 is 2.05 bits per heavy atom. The van der Waals surface area contributed by atoms with Crippen molar-refractivity contribution in [3.63, 3.8) is 0 Å². The highest BCUT2D eigenvalue weighted by molar-refractivity contribution is 7.14. The first-order valence-electron chi connectivity index (χ1n) is 8.03. The fourth-order valence-electron chi connectivity index (χ4n) is 4.07. The number of anilines is 2. The number of aromatic nitrogens is 1. The minimum atomic E-state index is 0.183. The van der Waals surface area contributed by atoms with E-state index < -0.39 is 0 Å². The molecule has 22 heavy (non-hydrogen) atoms. The third-order valence-electron chi connectivity index (χ3n) is 5.09. The second-order valence-corrected chi connectivity index (χ2v) is 7.40. The number of amides is 1. The third kappa shape index (κ3) is 2.35. The lowest BCUT2D eigenvalue weighted by atomic mass is 9.87. The first kappa shape index (κ1) is 13.9. The fraction of sp³-hybridized carbons (Fsp3) is 0.444. The Morgan fingerprint density at radius 1 is 1.23 bits per heavy atom. The van der Waals surface area contributed by atoms with E-state index in [1.165, 1.54) is 19.3 Å². The van der Waals surface area contributed by atoms with Gasteiger partial charge in [0.2, 0.25) is 5.91 Å². The fourth-order valence-corrected chi connectivity index (χ4v) is 4.89. The van der Waals surface area contributed by atoms with Crippen LogP contribution in [0.2, 0.25) is 0 Å². The number of fused-ring (bicyclic) bond motifs is 2. The number of carbonyl (C=O) groups is 1. The molecule has 1 heterocycles. The molecule has 1 aromatic carbocycles. The summed E-state index contributed by atoms with van der Waals surface area (Å²) in [5, 5.41) is 2.82. The number of hydrogen-bond donors (Lipinski definition) is 0. The van der Waals surface area contributed by atoms with Gasteiger partial charge in [-0.1, -0.05) is 24.6 Å². The first-order valence-corrected chi connectivity index (χ1v) is 8.91. The molecule has 2 saturated carbocycles. The van der Waals surface area contributed by atoms with Gasteiger partial charge in [-0.05, 0) is 50.2 Å². The van der Waals surface area contributed by atoms with Gasteiger partial charge in [0.1, 0.15) is 0 Å². The van der Waals surface area contributed by atoms with Crippen molar-refractivity contribution in [1.29, 1.82) is 0 Å².